The first-order valence-corrected chi connectivity index (χ1v) is 5.54. The zero-order chi connectivity index (χ0) is 12.8. The van der Waals surface area contributed by atoms with Crippen LogP contribution in [0.15, 0.2) is 60.7 Å². The van der Waals surface area contributed by atoms with Gasteiger partial charge in [0, 0.05) is 0 Å². The average molecular weight is 241 g/mol. The van der Waals surface area contributed by atoms with Crippen LogP contribution >= 0.6 is 0 Å². The van der Waals surface area contributed by atoms with Crippen LogP contribution in [-0.4, -0.2) is 6.09 Å². The monoisotopic (exact) mass is 241 g/mol. The molecule has 4 nitrogen and oxygen atoms in total. The van der Waals surface area contributed by atoms with Gasteiger partial charge in [-0.3, -0.25) is 0 Å². The summed E-state index contributed by atoms with van der Waals surface area (Å²) in [7, 11) is 0. The molecule has 0 fully saturated rings. The Labute approximate surface area is 106 Å². The second-order valence-electron chi connectivity index (χ2n) is 3.71. The van der Waals surface area contributed by atoms with Crippen molar-refractivity contribution in [2.45, 2.75) is 6.61 Å². The van der Waals surface area contributed by atoms with E-state index >= 15 is 0 Å². The predicted octanol–water partition coefficient (Wildman–Crippen LogP) is 3.03. The van der Waals surface area contributed by atoms with Gasteiger partial charge in [-0.25, -0.2) is 4.79 Å². The third kappa shape index (κ3) is 3.09. The quantitative estimate of drug-likeness (QED) is 0.775. The summed E-state index contributed by atoms with van der Waals surface area (Å²) < 4.78 is 5.04. The van der Waals surface area contributed by atoms with Crippen LogP contribution in [-0.2, 0) is 11.3 Å². The second kappa shape index (κ2) is 5.84. The fourth-order valence-corrected chi connectivity index (χ4v) is 1.47. The first-order chi connectivity index (χ1) is 8.77. The molecular weight excluding hydrogens is 228 g/mol. The highest BCUT2D eigenvalue weighted by Gasteiger charge is 2.13. The number of para-hydroxylation sites is 1. The van der Waals surface area contributed by atoms with E-state index in [9.17, 15) is 4.79 Å². The van der Waals surface area contributed by atoms with Gasteiger partial charge in [0.25, 0.3) is 0 Å². The van der Waals surface area contributed by atoms with Crippen LogP contribution in [0, 0.1) is 0 Å². The Bertz CT molecular complexity index is 500. The van der Waals surface area contributed by atoms with E-state index < -0.39 is 6.09 Å². The van der Waals surface area contributed by atoms with Crippen LogP contribution in [0.3, 0.4) is 0 Å². The summed E-state index contributed by atoms with van der Waals surface area (Å²) in [6.07, 6.45) is -0.690. The second-order valence-corrected chi connectivity index (χ2v) is 3.71. The lowest BCUT2D eigenvalue weighted by Gasteiger charge is -2.14. The molecular formula is C14H13N2O2. The highest BCUT2D eigenvalue weighted by Crippen LogP contribution is 2.12. The van der Waals surface area contributed by atoms with Crippen molar-refractivity contribution >= 4 is 11.8 Å². The number of nitrogens with zero attached hydrogens (tertiary/aromatic N) is 1. The molecule has 4 heteroatoms. The van der Waals surface area contributed by atoms with Crippen LogP contribution in [0.2, 0.25) is 0 Å². The number of nitrogens with one attached hydrogen (secondary N) is 1. The van der Waals surface area contributed by atoms with Crippen molar-refractivity contribution in [2.75, 3.05) is 5.01 Å². The maximum atomic E-state index is 11.6. The van der Waals surface area contributed by atoms with E-state index in [4.69, 9.17) is 10.6 Å². The van der Waals surface area contributed by atoms with Gasteiger partial charge in [0.05, 0.1) is 5.69 Å². The molecule has 0 unspecified atom stereocenters. The predicted molar refractivity (Wildman–Crippen MR) is 68.6 cm³/mol. The molecule has 18 heavy (non-hydrogen) atoms. The van der Waals surface area contributed by atoms with Gasteiger partial charge < -0.3 is 4.74 Å². The number of hydrogen-bond acceptors (Lipinski definition) is 2. The van der Waals surface area contributed by atoms with E-state index in [1.807, 2.05) is 36.4 Å². The number of carbonyl (C=O) groups excluding carboxylic acids is 1. The number of benzene rings is 2. The Balaban J connectivity index is 1.93. The minimum atomic E-state index is -0.690. The molecule has 2 rings (SSSR count). The molecule has 0 aliphatic rings. The Kier molecular flexibility index (Phi) is 3.94. The summed E-state index contributed by atoms with van der Waals surface area (Å²) in [6, 6.07) is 18.1. The number of anilines is 1. The molecule has 1 N–H and O–H groups in total. The third-order valence-corrected chi connectivity index (χ3v) is 2.40. The fraction of sp³-hybridized carbons (Fsp3) is 0.0714. The molecule has 0 aromatic heterocycles. The maximum absolute atomic E-state index is 11.6. The highest BCUT2D eigenvalue weighted by molar-refractivity contribution is 5.85. The van der Waals surface area contributed by atoms with Crippen LogP contribution in [0.4, 0.5) is 10.5 Å². The van der Waals surface area contributed by atoms with Gasteiger partial charge in [-0.2, -0.15) is 5.01 Å². The van der Waals surface area contributed by atoms with E-state index in [1.165, 1.54) is 0 Å². The van der Waals surface area contributed by atoms with Crippen molar-refractivity contribution in [2.24, 2.45) is 0 Å². The third-order valence-electron chi connectivity index (χ3n) is 2.40. The van der Waals surface area contributed by atoms with Gasteiger partial charge in [0.2, 0.25) is 0 Å². The van der Waals surface area contributed by atoms with E-state index in [-0.39, 0.29) is 6.61 Å². The molecule has 0 atom stereocenters. The fourth-order valence-electron chi connectivity index (χ4n) is 1.47. The van der Waals surface area contributed by atoms with E-state index in [2.05, 4.69) is 0 Å². The van der Waals surface area contributed by atoms with Crippen LogP contribution in [0.1, 0.15) is 5.56 Å². The lowest BCUT2D eigenvalue weighted by Crippen LogP contribution is -2.29. The van der Waals surface area contributed by atoms with E-state index in [0.717, 1.165) is 10.6 Å². The minimum absolute atomic E-state index is 0.169. The number of carbonyl (C=O) groups is 1. The standard InChI is InChI=1S/C14H13N2O2/c15-16(13-9-5-2-6-10-13)14(17)18-11-12-7-3-1-4-8-12/h1-10,15H,11H2. The molecule has 0 saturated heterocycles. The molecule has 91 valence electrons. The Morgan fingerprint density at radius 3 is 2.17 bits per heavy atom. The van der Waals surface area contributed by atoms with Gasteiger partial charge in [0.15, 0.2) is 0 Å². The Hall–Kier alpha value is -2.33. The molecule has 0 aliphatic heterocycles. The van der Waals surface area contributed by atoms with Crippen LogP contribution in [0.25, 0.3) is 0 Å². The molecule has 1 amide bonds. The van der Waals surface area contributed by atoms with Crippen LogP contribution in [0.5, 0.6) is 0 Å². The average Bonchev–Trinajstić information content (AvgIpc) is 2.46. The molecule has 0 bridgehead atoms. The summed E-state index contributed by atoms with van der Waals surface area (Å²) in [5.41, 5.74) is 1.38. The van der Waals surface area contributed by atoms with E-state index in [0.29, 0.717) is 5.69 Å². The van der Waals surface area contributed by atoms with Gasteiger partial charge >= 0.3 is 6.09 Å². The molecule has 0 heterocycles. The Morgan fingerprint density at radius 1 is 1.00 bits per heavy atom. The molecule has 2 aromatic carbocycles. The summed E-state index contributed by atoms with van der Waals surface area (Å²) in [4.78, 5) is 11.6. The van der Waals surface area contributed by atoms with Crippen molar-refractivity contribution in [1.82, 2.24) is 5.84 Å². The summed E-state index contributed by atoms with van der Waals surface area (Å²) in [6.45, 7) is 0.169. The number of ether oxygens (including phenoxy) is 1. The van der Waals surface area contributed by atoms with Crippen molar-refractivity contribution in [3.05, 3.63) is 66.2 Å². The summed E-state index contributed by atoms with van der Waals surface area (Å²) in [5, 5.41) is 0.739. The number of hydrogen-bond donors (Lipinski definition) is 0. The van der Waals surface area contributed by atoms with Crippen molar-refractivity contribution < 1.29 is 9.53 Å². The topological polar surface area (TPSA) is 53.3 Å². The van der Waals surface area contributed by atoms with Gasteiger partial charge in [0.1, 0.15) is 6.61 Å². The van der Waals surface area contributed by atoms with Crippen LogP contribution < -0.4 is 10.9 Å². The van der Waals surface area contributed by atoms with Crippen molar-refractivity contribution in [1.29, 1.82) is 0 Å². The maximum Gasteiger partial charge on any atom is 0.430 e. The zero-order valence-electron chi connectivity index (χ0n) is 9.74. The lowest BCUT2D eigenvalue weighted by molar-refractivity contribution is 0.146. The van der Waals surface area contributed by atoms with Gasteiger partial charge in [-0.05, 0) is 17.7 Å². The largest absolute Gasteiger partial charge is 0.443 e. The first kappa shape index (κ1) is 12.1. The molecule has 2 aromatic rings. The zero-order valence-corrected chi connectivity index (χ0v) is 9.74. The van der Waals surface area contributed by atoms with Gasteiger partial charge in [-0.15, -0.1) is 5.84 Å². The molecule has 0 saturated carbocycles. The van der Waals surface area contributed by atoms with E-state index in [1.54, 1.807) is 24.3 Å². The number of amides is 1. The molecule has 0 spiro atoms. The summed E-state index contributed by atoms with van der Waals surface area (Å²) >= 11 is 0. The normalized spacial score (nSPS) is 9.83. The first-order valence-electron chi connectivity index (χ1n) is 5.54. The number of rotatable bonds is 3. The van der Waals surface area contributed by atoms with Gasteiger partial charge in [-0.1, -0.05) is 48.5 Å². The van der Waals surface area contributed by atoms with Crippen molar-refractivity contribution in [3.63, 3.8) is 0 Å². The van der Waals surface area contributed by atoms with Crippen molar-refractivity contribution in [3.8, 4) is 0 Å². The smallest absolute Gasteiger partial charge is 0.430 e. The minimum Gasteiger partial charge on any atom is -0.443 e. The molecule has 1 radical (unpaired) electrons. The molecule has 0 aliphatic carbocycles. The SMILES string of the molecule is [NH]N(C(=O)OCc1ccccc1)c1ccccc1. The summed E-state index contributed by atoms with van der Waals surface area (Å²) in [5.74, 6) is 7.64. The Morgan fingerprint density at radius 2 is 1.56 bits per heavy atom. The highest BCUT2D eigenvalue weighted by atomic mass is 16.6. The lowest BCUT2D eigenvalue weighted by atomic mass is 10.2.